The molecule has 0 amide bonds. The molecule has 19 rings (SSSR count). The van der Waals surface area contributed by atoms with E-state index in [-0.39, 0.29) is 22.8 Å². The zero-order valence-corrected chi connectivity index (χ0v) is 68.1. The predicted octanol–water partition coefficient (Wildman–Crippen LogP) is 20.7. The number of hydrogen-bond donors (Lipinski definition) is 5. The highest BCUT2D eigenvalue weighted by molar-refractivity contribution is 7.12. The van der Waals surface area contributed by atoms with E-state index in [1.807, 2.05) is 122 Å². The van der Waals surface area contributed by atoms with Crippen molar-refractivity contribution < 1.29 is 18.3 Å². The smallest absolute Gasteiger partial charge is 0.177 e. The quantitative estimate of drug-likeness (QED) is 0.0811. The van der Waals surface area contributed by atoms with Crippen LogP contribution < -0.4 is 41.7 Å². The van der Waals surface area contributed by atoms with Gasteiger partial charge in [-0.2, -0.15) is 13.8 Å². The maximum absolute atomic E-state index is 15.6. The summed E-state index contributed by atoms with van der Waals surface area (Å²) in [6, 6.07) is 50.8. The van der Waals surface area contributed by atoms with E-state index in [2.05, 4.69) is 96.3 Å². The largest absolute Gasteiger partial charge is 0.507 e. The summed E-state index contributed by atoms with van der Waals surface area (Å²) in [5, 5.41) is 46.3. The van der Waals surface area contributed by atoms with Crippen LogP contribution in [0.3, 0.4) is 0 Å². The maximum atomic E-state index is 15.6. The summed E-state index contributed by atoms with van der Waals surface area (Å²) in [6.45, 7) is 17.1. The highest BCUT2D eigenvalue weighted by Gasteiger charge is 2.30. The number of piperazine rings is 2. The first-order valence-corrected chi connectivity index (χ1v) is 41.7. The number of phenols is 1. The summed E-state index contributed by atoms with van der Waals surface area (Å²) in [4.78, 5) is 22.7. The third-order valence-electron chi connectivity index (χ3n) is 21.5. The van der Waals surface area contributed by atoms with Gasteiger partial charge in [-0.3, -0.25) is 0 Å². The predicted molar refractivity (Wildman–Crippen MR) is 469 cm³/mol. The Morgan fingerprint density at radius 1 is 0.452 bits per heavy atom. The number of benzene rings is 8. The minimum Gasteiger partial charge on any atom is -0.507 e. The number of phenolic OH excluding ortho intramolecular Hbond substituents is 1. The van der Waals surface area contributed by atoms with Crippen LogP contribution in [0.25, 0.3) is 110 Å². The van der Waals surface area contributed by atoms with Crippen LogP contribution in [-0.2, 0) is 6.42 Å². The van der Waals surface area contributed by atoms with Crippen LogP contribution >= 0.6 is 69.5 Å². The molecule has 115 heavy (non-hydrogen) atoms. The summed E-state index contributed by atoms with van der Waals surface area (Å²) in [5.74, 6) is 1.11. The van der Waals surface area contributed by atoms with E-state index in [9.17, 15) is 9.50 Å². The van der Waals surface area contributed by atoms with Gasteiger partial charge in [0.2, 0.25) is 0 Å². The van der Waals surface area contributed by atoms with Crippen molar-refractivity contribution in [3.8, 4) is 50.5 Å². The molecule has 0 aliphatic carbocycles. The number of nitrogens with two attached hydrogens (primary N) is 2. The third-order valence-corrected chi connectivity index (χ3v) is 24.7. The van der Waals surface area contributed by atoms with E-state index in [0.29, 0.717) is 88.5 Å². The summed E-state index contributed by atoms with van der Waals surface area (Å²) in [6.07, 6.45) is 7.78. The Labute approximate surface area is 691 Å². The Morgan fingerprint density at radius 2 is 1.01 bits per heavy atom. The molecule has 4 aliphatic heterocycles. The fourth-order valence-electron chi connectivity index (χ4n) is 15.8. The average molecular weight is 1660 g/mol. The molecule has 4 fully saturated rings. The van der Waals surface area contributed by atoms with E-state index in [0.717, 1.165) is 191 Å². The topological polar surface area (TPSA) is 225 Å². The van der Waals surface area contributed by atoms with E-state index in [1.165, 1.54) is 59.7 Å². The lowest BCUT2D eigenvalue weighted by atomic mass is 9.92. The normalized spacial score (nSPS) is 14.7. The standard InChI is InChI=1S/C27H28FN5O.2C21H18ClFN4S.C19H18Cl2N4/c1-16(2)18-7-4-5-8-19(18)25-21-15-20(24-22(28)9-6-10-23(24)34)17(3)30-26(21)27(32-31-25)33-13-11-29-12-14-33;22-15-10-14-20(26-28-21(14)27-8-4-1-5-9-27)19(23)18(15)13-11-17(24)25-16-7-3-2-6-12(13)16;22-15-11-14-20(26-28-21(14)27-8-4-1-5-9-27)18(23)17(15)19-13-7-3-2-6-12(13)10-16(24)25-19;20-16-11-14-15(12-17(16)21)19(25-8-6-22-7-9-25)24-23-18(14)10-13-4-2-1-3-5-13/h4-10,15-16,29,34H,11-14H2,1-3H3;2*2-3,6-7,10-11H,1,4-5,8-9H2,(H2,24,25);1-5,11-12,22H,6-10H2. The van der Waals surface area contributed by atoms with E-state index in [4.69, 9.17) is 68.0 Å². The van der Waals surface area contributed by atoms with Gasteiger partial charge in [-0.1, -0.05) is 163 Å². The number of anilines is 6. The lowest BCUT2D eigenvalue weighted by Gasteiger charge is -2.29. The monoisotopic (exact) mass is 1650 g/mol. The SMILES string of the molecule is Cc1nc2c(N3CCNCC3)nnc(-c3ccccc3C(C)C)c2cc1-c1c(O)cccc1F.Clc1cc2c(Cc3ccccc3)nnc(N3CCNCC3)c2cc1Cl.Nc1cc(-c2c(Cl)cc3c(N4CCCCC4)snc3c2F)c2ccccc2n1.Nc1cc2ccccc2c(-c2c(Cl)cc3c(N4CCCCC4)snc3c2F)n1. The van der Waals surface area contributed by atoms with Crippen LogP contribution in [0.15, 0.2) is 164 Å². The van der Waals surface area contributed by atoms with Crippen LogP contribution in [0.4, 0.5) is 46.4 Å². The number of aromatic hydroxyl groups is 1. The number of piperidine rings is 2. The van der Waals surface area contributed by atoms with Gasteiger partial charge < -0.3 is 46.8 Å². The van der Waals surface area contributed by atoms with E-state index >= 15 is 8.78 Å². The number of nitrogens with one attached hydrogen (secondary N) is 2. The van der Waals surface area contributed by atoms with Crippen LogP contribution in [0.2, 0.25) is 20.1 Å². The van der Waals surface area contributed by atoms with Crippen molar-refractivity contribution in [1.29, 1.82) is 0 Å². The van der Waals surface area contributed by atoms with Gasteiger partial charge in [0, 0.05) is 145 Å². The van der Waals surface area contributed by atoms with Gasteiger partial charge in [-0.15, -0.1) is 15.3 Å². The number of rotatable bonds is 11. The Bertz CT molecular complexity index is 5930. The molecule has 15 aromatic rings. The fourth-order valence-corrected chi connectivity index (χ4v) is 18.6. The number of fused-ring (bicyclic) bond motifs is 6. The number of nitrogen functional groups attached to an aromatic ring is 2. The number of para-hydroxylation sites is 1. The van der Waals surface area contributed by atoms with E-state index in [1.54, 1.807) is 12.1 Å². The molecular weight excluding hydrogens is 1570 g/mol. The molecule has 0 bridgehead atoms. The van der Waals surface area contributed by atoms with Gasteiger partial charge >= 0.3 is 0 Å². The number of pyridine rings is 3. The highest BCUT2D eigenvalue weighted by atomic mass is 35.5. The average Bonchev–Trinajstić information content (AvgIpc) is 1.75. The molecular formula is C88H82Cl4F3N17OS2. The Morgan fingerprint density at radius 3 is 1.66 bits per heavy atom. The number of hydrogen-bond acceptors (Lipinski definition) is 20. The molecule has 7 aromatic heterocycles. The molecule has 18 nitrogen and oxygen atoms in total. The first-order chi connectivity index (χ1) is 55.9. The van der Waals surface area contributed by atoms with Crippen LogP contribution in [-0.4, -0.2) is 128 Å². The van der Waals surface area contributed by atoms with Crippen molar-refractivity contribution in [1.82, 2.24) is 54.7 Å². The van der Waals surface area contributed by atoms with Crippen molar-refractivity contribution >= 4 is 168 Å². The van der Waals surface area contributed by atoms with Gasteiger partial charge in [-0.05, 0) is 157 Å². The number of aryl methyl sites for hydroxylation is 1. The minimum atomic E-state index is -0.488. The molecule has 0 spiro atoms. The van der Waals surface area contributed by atoms with Gasteiger partial charge in [0.1, 0.15) is 55.4 Å². The summed E-state index contributed by atoms with van der Waals surface area (Å²) in [7, 11) is 0. The molecule has 0 saturated carbocycles. The zero-order valence-electron chi connectivity index (χ0n) is 63.5. The molecule has 4 aliphatic rings. The zero-order chi connectivity index (χ0) is 79.5. The molecule has 8 aromatic carbocycles. The molecule has 27 heteroatoms. The Balaban J connectivity index is 0.000000116. The first kappa shape index (κ1) is 78.5. The van der Waals surface area contributed by atoms with Crippen molar-refractivity contribution in [3.05, 3.63) is 224 Å². The molecule has 7 N–H and O–H groups in total. The molecule has 0 radical (unpaired) electrons. The third kappa shape index (κ3) is 16.3. The Kier molecular flexibility index (Phi) is 23.6. The van der Waals surface area contributed by atoms with E-state index < -0.39 is 17.5 Å². The maximum Gasteiger partial charge on any atom is 0.177 e. The van der Waals surface area contributed by atoms with Crippen LogP contribution in [0, 0.1) is 24.4 Å². The second-order valence-electron chi connectivity index (χ2n) is 29.4. The van der Waals surface area contributed by atoms with Crippen molar-refractivity contribution in [3.63, 3.8) is 0 Å². The summed E-state index contributed by atoms with van der Waals surface area (Å²) < 4.78 is 55.0. The second-order valence-corrected chi connectivity index (χ2v) is 32.5. The summed E-state index contributed by atoms with van der Waals surface area (Å²) >= 11 is 28.5. The molecule has 586 valence electrons. The van der Waals surface area contributed by atoms with Crippen LogP contribution in [0.5, 0.6) is 5.75 Å². The van der Waals surface area contributed by atoms with Gasteiger partial charge in [0.25, 0.3) is 0 Å². The van der Waals surface area contributed by atoms with Gasteiger partial charge in [0.15, 0.2) is 23.3 Å². The molecule has 0 unspecified atom stereocenters. The molecule has 4 saturated heterocycles. The highest BCUT2D eigenvalue weighted by Crippen LogP contribution is 2.47. The number of halogens is 7. The second kappa shape index (κ2) is 34.6. The molecule has 0 atom stereocenters. The fraction of sp³-hybridized carbons (Fsp3) is 0.261. The number of nitrogens with zero attached hydrogens (tertiary/aromatic N) is 13. The Hall–Kier alpha value is -10.3. The van der Waals surface area contributed by atoms with Crippen molar-refractivity contribution in [2.75, 3.05) is 110 Å². The lowest BCUT2D eigenvalue weighted by Crippen LogP contribution is -2.44. The van der Waals surface area contributed by atoms with Crippen molar-refractivity contribution in [2.45, 2.75) is 71.6 Å². The first-order valence-electron chi connectivity index (χ1n) is 38.6. The molecule has 11 heterocycles. The minimum absolute atomic E-state index is 0.113. The number of aromatic nitrogens is 9. The lowest BCUT2D eigenvalue weighted by molar-refractivity contribution is 0.472. The van der Waals surface area contributed by atoms with Gasteiger partial charge in [-0.25, -0.2) is 28.1 Å². The summed E-state index contributed by atoms with van der Waals surface area (Å²) in [5.41, 5.74) is 22.1. The van der Waals surface area contributed by atoms with Crippen LogP contribution in [0.1, 0.15) is 80.8 Å². The van der Waals surface area contributed by atoms with Crippen molar-refractivity contribution in [2.24, 2.45) is 0 Å². The van der Waals surface area contributed by atoms with Gasteiger partial charge in [0.05, 0.1) is 48.1 Å².